The third-order valence-electron chi connectivity index (χ3n) is 8.76. The summed E-state index contributed by atoms with van der Waals surface area (Å²) in [7, 11) is -8.39. The van der Waals surface area contributed by atoms with E-state index in [4.69, 9.17) is 39.8 Å². The van der Waals surface area contributed by atoms with E-state index in [0.29, 0.717) is 59.5 Å². The molecule has 0 aromatic heterocycles. The van der Waals surface area contributed by atoms with Crippen LogP contribution < -0.4 is 0 Å². The average molecular weight is 742 g/mol. The molecule has 1 aliphatic heterocycles. The Bertz CT molecular complexity index is 654. The van der Waals surface area contributed by atoms with Crippen LogP contribution in [0.2, 0.25) is 16.6 Å². The molecule has 12 nitrogen and oxygen atoms in total. The van der Waals surface area contributed by atoms with E-state index in [1.165, 1.54) is 0 Å². The van der Waals surface area contributed by atoms with Gasteiger partial charge in [-0.15, -0.1) is 0 Å². The Kier molecular flexibility index (Phi) is 24.2. The van der Waals surface area contributed by atoms with E-state index in [9.17, 15) is 0 Å². The maximum atomic E-state index is 6.26. The molecule has 48 heavy (non-hydrogen) atoms. The Morgan fingerprint density at radius 2 is 0.521 bits per heavy atom. The van der Waals surface area contributed by atoms with Crippen LogP contribution >= 0.6 is 0 Å². The lowest BCUT2D eigenvalue weighted by molar-refractivity contribution is -0.0341. The minimum absolute atomic E-state index is 0.187. The van der Waals surface area contributed by atoms with Gasteiger partial charge in [-0.25, -0.2) is 0 Å². The topological polar surface area (TPSA) is 92.8 Å². The Balaban J connectivity index is 3.18. The highest BCUT2D eigenvalue weighted by molar-refractivity contribution is 6.63. The second-order valence-corrected chi connectivity index (χ2v) is 21.6. The molecular weight excluding hydrogens is 667 g/mol. The summed E-state index contributed by atoms with van der Waals surface area (Å²) in [6.07, 6.45) is 2.81. The molecule has 1 heterocycles. The summed E-state index contributed by atoms with van der Waals surface area (Å²) >= 11 is 0. The van der Waals surface area contributed by atoms with Crippen LogP contribution in [0.3, 0.4) is 0 Å². The zero-order valence-corrected chi connectivity index (χ0v) is 36.0. The highest BCUT2D eigenvalue weighted by Gasteiger charge is 2.49. The summed E-state index contributed by atoms with van der Waals surface area (Å²) in [6.45, 7) is 35.6. The quantitative estimate of drug-likeness (QED) is 0.0778. The van der Waals surface area contributed by atoms with Gasteiger partial charge in [0.05, 0.1) is 20.0 Å². The van der Waals surface area contributed by atoms with E-state index in [1.807, 2.05) is 62.3 Å². The van der Waals surface area contributed by atoms with E-state index in [1.54, 1.807) is 0 Å². The summed E-state index contributed by atoms with van der Waals surface area (Å²) in [5.74, 6) is 0. The monoisotopic (exact) mass is 741 g/mol. The zero-order chi connectivity index (χ0) is 36.1. The molecule has 1 fully saturated rings. The summed E-state index contributed by atoms with van der Waals surface area (Å²) in [6, 6.07) is 0. The number of nitrogens with zero attached hydrogens (tertiary/aromatic N) is 3. The van der Waals surface area contributed by atoms with Gasteiger partial charge in [-0.2, -0.15) is 0 Å². The molecule has 3 unspecified atom stereocenters. The smallest absolute Gasteiger partial charge is 0.374 e. The molecule has 1 rings (SSSR count). The molecule has 3 atom stereocenters. The molecule has 1 saturated heterocycles. The minimum Gasteiger partial charge on any atom is -0.374 e. The number of rotatable bonds is 30. The van der Waals surface area contributed by atoms with Gasteiger partial charge in [0.15, 0.2) is 0 Å². The first-order valence-electron chi connectivity index (χ1n) is 19.0. The highest BCUT2D eigenvalue weighted by Crippen LogP contribution is 2.32. The van der Waals surface area contributed by atoms with Crippen LogP contribution in [0, 0.1) is 0 Å². The van der Waals surface area contributed by atoms with E-state index in [-0.39, 0.29) is 16.6 Å². The predicted molar refractivity (Wildman–Crippen MR) is 199 cm³/mol. The van der Waals surface area contributed by atoms with E-state index in [2.05, 4.69) is 35.5 Å². The lowest BCUT2D eigenvalue weighted by Gasteiger charge is -2.44. The second-order valence-electron chi connectivity index (χ2n) is 12.4. The summed E-state index contributed by atoms with van der Waals surface area (Å²) in [5, 5.41) is 0. The Labute approximate surface area is 298 Å². The molecule has 288 valence electrons. The molecule has 0 N–H and O–H groups in total. The SMILES string of the molecule is CCO[Si](OCC)(OCC)C(C)CCN1CN(CCC(C)[Si](OCC)(OCC)OCC)CN(CCC(C)[Si](OCC)(OCC)OCC)C1. The van der Waals surface area contributed by atoms with Crippen molar-refractivity contribution < 1.29 is 39.8 Å². The first-order chi connectivity index (χ1) is 23.0. The van der Waals surface area contributed by atoms with Gasteiger partial charge in [0.1, 0.15) is 0 Å². The number of hydrogen-bond acceptors (Lipinski definition) is 12. The van der Waals surface area contributed by atoms with Crippen molar-refractivity contribution in [3.8, 4) is 0 Å². The van der Waals surface area contributed by atoms with E-state index in [0.717, 1.165) is 58.9 Å². The van der Waals surface area contributed by atoms with Crippen molar-refractivity contribution in [2.75, 3.05) is 99.1 Å². The van der Waals surface area contributed by atoms with Crippen molar-refractivity contribution in [1.29, 1.82) is 0 Å². The molecular formula is C33H75N3O9Si3. The van der Waals surface area contributed by atoms with Crippen LogP contribution in [-0.4, -0.2) is 140 Å². The third-order valence-corrected chi connectivity index (χ3v) is 19.5. The van der Waals surface area contributed by atoms with Gasteiger partial charge in [0, 0.05) is 95.7 Å². The highest BCUT2D eigenvalue weighted by atomic mass is 28.4. The summed E-state index contributed by atoms with van der Waals surface area (Å²) in [5.41, 5.74) is 0.560. The standard InChI is InChI=1S/C33H75N3O9Si3/c1-13-37-46(38-14-2,39-15-3)31(10)22-25-34-28-35(26-23-32(11)47(40-16-4,41-17-5)42-18-6)30-36(29-34)27-24-33(12)48(43-19-7,44-20-8)45-21-9/h31-33H,13-30H2,1-12H3. The van der Waals surface area contributed by atoms with Crippen LogP contribution in [0.1, 0.15) is 102 Å². The minimum atomic E-state index is -2.80. The molecule has 0 spiro atoms. The van der Waals surface area contributed by atoms with Crippen LogP contribution in [0.25, 0.3) is 0 Å². The lowest BCUT2D eigenvalue weighted by Crippen LogP contribution is -2.57. The molecule has 0 aromatic carbocycles. The molecule has 0 radical (unpaired) electrons. The fraction of sp³-hybridized carbons (Fsp3) is 1.00. The van der Waals surface area contributed by atoms with Crippen molar-refractivity contribution in [3.05, 3.63) is 0 Å². The van der Waals surface area contributed by atoms with Gasteiger partial charge in [0.2, 0.25) is 0 Å². The summed E-state index contributed by atoms with van der Waals surface area (Å²) < 4.78 is 56.3. The molecule has 0 saturated carbocycles. The van der Waals surface area contributed by atoms with Crippen molar-refractivity contribution in [1.82, 2.24) is 14.7 Å². The second kappa shape index (κ2) is 25.2. The van der Waals surface area contributed by atoms with Crippen LogP contribution in [0.4, 0.5) is 0 Å². The average Bonchev–Trinajstić information content (AvgIpc) is 3.05. The third kappa shape index (κ3) is 14.3. The molecule has 0 amide bonds. The maximum absolute atomic E-state index is 6.26. The van der Waals surface area contributed by atoms with Crippen molar-refractivity contribution in [2.45, 2.75) is 119 Å². The van der Waals surface area contributed by atoms with Crippen molar-refractivity contribution in [3.63, 3.8) is 0 Å². The Hall–Kier alpha value is 0.171. The first kappa shape index (κ1) is 46.2. The van der Waals surface area contributed by atoms with Gasteiger partial charge in [-0.05, 0) is 81.6 Å². The zero-order valence-electron chi connectivity index (χ0n) is 33.0. The first-order valence-corrected chi connectivity index (χ1v) is 24.4. The predicted octanol–water partition coefficient (Wildman–Crippen LogP) is 6.26. The van der Waals surface area contributed by atoms with Gasteiger partial charge in [-0.3, -0.25) is 14.7 Å². The molecule has 0 aliphatic carbocycles. The Morgan fingerprint density at radius 3 is 0.667 bits per heavy atom. The van der Waals surface area contributed by atoms with E-state index < -0.39 is 26.4 Å². The van der Waals surface area contributed by atoms with Crippen LogP contribution in [0.15, 0.2) is 0 Å². The van der Waals surface area contributed by atoms with Gasteiger partial charge >= 0.3 is 26.4 Å². The van der Waals surface area contributed by atoms with Gasteiger partial charge in [-0.1, -0.05) is 20.8 Å². The van der Waals surface area contributed by atoms with Crippen LogP contribution in [0.5, 0.6) is 0 Å². The van der Waals surface area contributed by atoms with Crippen LogP contribution in [-0.2, 0) is 39.8 Å². The molecule has 1 aliphatic rings. The number of hydrogen-bond donors (Lipinski definition) is 0. The fourth-order valence-electron chi connectivity index (χ4n) is 6.53. The largest absolute Gasteiger partial charge is 0.503 e. The van der Waals surface area contributed by atoms with Gasteiger partial charge < -0.3 is 39.8 Å². The van der Waals surface area contributed by atoms with Crippen molar-refractivity contribution in [2.24, 2.45) is 0 Å². The van der Waals surface area contributed by atoms with Gasteiger partial charge in [0.25, 0.3) is 0 Å². The normalized spacial score (nSPS) is 18.0. The van der Waals surface area contributed by atoms with E-state index >= 15 is 0 Å². The lowest BCUT2D eigenvalue weighted by atomic mass is 10.2. The molecule has 0 bridgehead atoms. The maximum Gasteiger partial charge on any atom is 0.503 e. The van der Waals surface area contributed by atoms with Crippen molar-refractivity contribution >= 4 is 26.4 Å². The Morgan fingerprint density at radius 1 is 0.354 bits per heavy atom. The molecule has 0 aromatic rings. The molecule has 15 heteroatoms. The fourth-order valence-corrected chi connectivity index (χ4v) is 14.9. The summed E-state index contributed by atoms with van der Waals surface area (Å²) in [4.78, 5) is 7.65.